The summed E-state index contributed by atoms with van der Waals surface area (Å²) in [6.07, 6.45) is 2.17. The van der Waals surface area contributed by atoms with Crippen molar-refractivity contribution in [2.45, 2.75) is 23.8 Å². The minimum absolute atomic E-state index is 0.0286. The molecule has 13 heteroatoms. The van der Waals surface area contributed by atoms with Crippen LogP contribution >= 0.6 is 0 Å². The van der Waals surface area contributed by atoms with Crippen LogP contribution < -0.4 is 21.9 Å². The van der Waals surface area contributed by atoms with E-state index in [0.717, 1.165) is 6.26 Å². The average Bonchev–Trinajstić information content (AvgIpc) is 3.32. The van der Waals surface area contributed by atoms with E-state index in [1.165, 1.54) is 41.0 Å². The van der Waals surface area contributed by atoms with E-state index in [1.807, 2.05) is 6.07 Å². The molecule has 3 heterocycles. The van der Waals surface area contributed by atoms with E-state index >= 15 is 0 Å². The van der Waals surface area contributed by atoms with Gasteiger partial charge in [0.15, 0.2) is 15.7 Å². The number of benzene rings is 2. The van der Waals surface area contributed by atoms with E-state index in [4.69, 9.17) is 16.5 Å². The monoisotopic (exact) mass is 520 g/mol. The van der Waals surface area contributed by atoms with E-state index in [0.29, 0.717) is 19.4 Å². The Bertz CT molecular complexity index is 1780. The van der Waals surface area contributed by atoms with Crippen molar-refractivity contribution in [3.05, 3.63) is 70.0 Å². The van der Waals surface area contributed by atoms with E-state index in [-0.39, 0.29) is 50.5 Å². The minimum atomic E-state index is -3.78. The molecule has 0 bridgehead atoms. The molecule has 0 radical (unpaired) electrons. The van der Waals surface area contributed by atoms with Crippen molar-refractivity contribution in [2.75, 3.05) is 29.2 Å². The van der Waals surface area contributed by atoms with Gasteiger partial charge < -0.3 is 16.4 Å². The number of rotatable bonds is 4. The number of fused-ring (bicyclic) bond motifs is 1. The number of hydrogen-bond donors (Lipinski definition) is 2. The number of hydrogen-bond acceptors (Lipinski definition) is 10. The van der Waals surface area contributed by atoms with Crippen LogP contribution in [-0.2, 0) is 9.84 Å². The van der Waals surface area contributed by atoms with Crippen LogP contribution in [0.25, 0.3) is 16.6 Å². The van der Waals surface area contributed by atoms with Gasteiger partial charge in [0.25, 0.3) is 5.56 Å². The normalized spacial score (nSPS) is 15.7. The van der Waals surface area contributed by atoms with Crippen molar-refractivity contribution >= 4 is 38.3 Å². The van der Waals surface area contributed by atoms with Crippen molar-refractivity contribution in [1.82, 2.24) is 19.5 Å². The summed E-state index contributed by atoms with van der Waals surface area (Å²) >= 11 is 0. The number of nitrogens with two attached hydrogens (primary N) is 2. The van der Waals surface area contributed by atoms with Crippen LogP contribution in [0.5, 0.6) is 0 Å². The number of halogens is 1. The highest BCUT2D eigenvalue weighted by Crippen LogP contribution is 2.38. The van der Waals surface area contributed by atoms with Gasteiger partial charge in [-0.15, -0.1) is 0 Å². The summed E-state index contributed by atoms with van der Waals surface area (Å²) < 4.78 is 40.5. The predicted octanol–water partition coefficient (Wildman–Crippen LogP) is 2.10. The summed E-state index contributed by atoms with van der Waals surface area (Å²) in [7, 11) is -3.78. The number of nitriles is 1. The number of nitrogens with zero attached hydrogens (tertiary/aromatic N) is 6. The lowest BCUT2D eigenvalue weighted by molar-refractivity contribution is 0.601. The Morgan fingerprint density at radius 3 is 2.59 bits per heavy atom. The predicted molar refractivity (Wildman–Crippen MR) is 135 cm³/mol. The first-order valence-corrected chi connectivity index (χ1v) is 13.1. The lowest BCUT2D eigenvalue weighted by Gasteiger charge is -2.28. The fourth-order valence-corrected chi connectivity index (χ4v) is 5.59. The molecule has 37 heavy (non-hydrogen) atoms. The summed E-state index contributed by atoms with van der Waals surface area (Å²) in [4.78, 5) is 28.4. The maximum Gasteiger partial charge on any atom is 0.267 e. The van der Waals surface area contributed by atoms with Crippen LogP contribution in [0.15, 0.2) is 52.2 Å². The molecule has 4 aromatic rings. The summed E-state index contributed by atoms with van der Waals surface area (Å²) in [5.74, 6) is -0.365. The topological polar surface area (TPSA) is 174 Å². The molecule has 5 rings (SSSR count). The van der Waals surface area contributed by atoms with Gasteiger partial charge in [-0.05, 0) is 43.2 Å². The molecule has 0 aliphatic carbocycles. The van der Waals surface area contributed by atoms with Crippen LogP contribution in [-0.4, -0.2) is 40.7 Å². The zero-order valence-corrected chi connectivity index (χ0v) is 20.4. The number of nitrogen functional groups attached to an aromatic ring is 2. The van der Waals surface area contributed by atoms with Gasteiger partial charge in [0.2, 0.25) is 5.95 Å². The number of anilines is 3. The van der Waals surface area contributed by atoms with Crippen LogP contribution in [0.3, 0.4) is 0 Å². The molecule has 1 aliphatic rings. The van der Waals surface area contributed by atoms with E-state index < -0.39 is 27.3 Å². The maximum atomic E-state index is 14.3. The fraction of sp³-hybridized carbons (Fsp3) is 0.208. The fourth-order valence-electron chi connectivity index (χ4n) is 4.70. The molecular weight excluding hydrogens is 499 g/mol. The first kappa shape index (κ1) is 24.1. The molecule has 188 valence electrons. The Balaban J connectivity index is 1.84. The molecule has 4 N–H and O–H groups in total. The second-order valence-electron chi connectivity index (χ2n) is 8.64. The third-order valence-corrected chi connectivity index (χ3v) is 7.36. The van der Waals surface area contributed by atoms with Crippen LogP contribution in [0.4, 0.5) is 22.0 Å². The Kier molecular flexibility index (Phi) is 5.76. The van der Waals surface area contributed by atoms with Crippen molar-refractivity contribution in [2.24, 2.45) is 0 Å². The molecule has 2 aromatic carbocycles. The van der Waals surface area contributed by atoms with Crippen LogP contribution in [0.1, 0.15) is 30.3 Å². The lowest BCUT2D eigenvalue weighted by atomic mass is 10.1. The van der Waals surface area contributed by atoms with E-state index in [1.54, 1.807) is 11.0 Å². The summed E-state index contributed by atoms with van der Waals surface area (Å²) in [5, 5.41) is 9.61. The molecule has 1 atom stereocenters. The average molecular weight is 521 g/mol. The van der Waals surface area contributed by atoms with Gasteiger partial charge in [-0.2, -0.15) is 15.2 Å². The molecule has 1 aliphatic heterocycles. The molecular formula is C24H21FN8O3S. The molecule has 0 amide bonds. The highest BCUT2D eigenvalue weighted by Gasteiger charge is 2.34. The molecule has 11 nitrogen and oxygen atoms in total. The van der Waals surface area contributed by atoms with Crippen LogP contribution in [0, 0.1) is 17.1 Å². The van der Waals surface area contributed by atoms with Gasteiger partial charge in [-0.3, -0.25) is 9.36 Å². The molecule has 1 unspecified atom stereocenters. The van der Waals surface area contributed by atoms with Gasteiger partial charge in [0.1, 0.15) is 29.1 Å². The number of aromatic nitrogens is 4. The Morgan fingerprint density at radius 2 is 1.89 bits per heavy atom. The van der Waals surface area contributed by atoms with E-state index in [2.05, 4.69) is 9.97 Å². The largest absolute Gasteiger partial charge is 0.382 e. The highest BCUT2D eigenvalue weighted by molar-refractivity contribution is 7.91. The number of sulfone groups is 1. The summed E-state index contributed by atoms with van der Waals surface area (Å²) in [6.45, 7) is 0.440. The van der Waals surface area contributed by atoms with Crippen molar-refractivity contribution in [3.8, 4) is 11.8 Å². The van der Waals surface area contributed by atoms with Crippen molar-refractivity contribution < 1.29 is 12.8 Å². The third kappa shape index (κ3) is 4.11. The van der Waals surface area contributed by atoms with Gasteiger partial charge in [-0.1, -0.05) is 12.1 Å². The molecule has 2 aromatic heterocycles. The molecule has 0 spiro atoms. The molecule has 0 saturated carbocycles. The van der Waals surface area contributed by atoms with Gasteiger partial charge in [0, 0.05) is 12.8 Å². The lowest BCUT2D eigenvalue weighted by Crippen LogP contribution is -2.33. The quantitative estimate of drug-likeness (QED) is 0.405. The SMILES string of the molecule is CS(=O)(=O)c1cccc2nc(C3CCCN3c3nc(N)nc(N)c3C#N)n(-c3cccc(F)c3)c(=O)c12. The van der Waals surface area contributed by atoms with Gasteiger partial charge in [-0.25, -0.2) is 17.8 Å². The summed E-state index contributed by atoms with van der Waals surface area (Å²) in [5.41, 5.74) is 11.5. The first-order valence-electron chi connectivity index (χ1n) is 11.2. The highest BCUT2D eigenvalue weighted by atomic mass is 32.2. The minimum Gasteiger partial charge on any atom is -0.382 e. The zero-order chi connectivity index (χ0) is 26.5. The summed E-state index contributed by atoms with van der Waals surface area (Å²) in [6, 6.07) is 11.2. The van der Waals surface area contributed by atoms with Crippen LogP contribution in [0.2, 0.25) is 0 Å². The van der Waals surface area contributed by atoms with Crippen molar-refractivity contribution in [3.63, 3.8) is 0 Å². The third-order valence-electron chi connectivity index (χ3n) is 6.22. The van der Waals surface area contributed by atoms with E-state index in [9.17, 15) is 22.9 Å². The standard InChI is InChI=1S/C24H21FN8O3S/c1-37(35,36)18-9-3-7-16-19(18)23(34)33(14-6-2-5-13(25)11-14)22(29-16)17-8-4-10-32(17)21-15(12-26)20(27)30-24(28)31-21/h2-3,5-7,9,11,17H,4,8,10H2,1H3,(H4,27,28,30,31). The second-order valence-corrected chi connectivity index (χ2v) is 10.6. The molecule has 1 fully saturated rings. The molecule has 1 saturated heterocycles. The van der Waals surface area contributed by atoms with Gasteiger partial charge in [0.05, 0.1) is 27.5 Å². The Labute approximate surface area is 210 Å². The first-order chi connectivity index (χ1) is 17.6. The Hall–Kier alpha value is -4.57. The zero-order valence-electron chi connectivity index (χ0n) is 19.6. The van der Waals surface area contributed by atoms with Gasteiger partial charge >= 0.3 is 0 Å². The van der Waals surface area contributed by atoms with Crippen molar-refractivity contribution in [1.29, 1.82) is 5.26 Å². The second kappa shape index (κ2) is 8.82. The Morgan fingerprint density at radius 1 is 1.14 bits per heavy atom. The smallest absolute Gasteiger partial charge is 0.267 e. The maximum absolute atomic E-state index is 14.3.